The van der Waals surface area contributed by atoms with Crippen molar-refractivity contribution in [2.75, 3.05) is 38.6 Å². The van der Waals surface area contributed by atoms with Crippen LogP contribution in [0.1, 0.15) is 30.5 Å². The summed E-state index contributed by atoms with van der Waals surface area (Å²) in [5.41, 5.74) is 3.27. The Morgan fingerprint density at radius 1 is 1.38 bits per heavy atom. The van der Waals surface area contributed by atoms with E-state index in [-0.39, 0.29) is 18.2 Å². The third-order valence-corrected chi connectivity index (χ3v) is 5.59. The number of piperidine rings is 1. The van der Waals surface area contributed by atoms with Crippen LogP contribution in [0.5, 0.6) is 0 Å². The Bertz CT molecular complexity index is 621. The van der Waals surface area contributed by atoms with Crippen LogP contribution in [0.4, 0.5) is 10.5 Å². The van der Waals surface area contributed by atoms with Gasteiger partial charge in [0, 0.05) is 32.4 Å². The molecule has 1 aliphatic carbocycles. The number of nitrogens with zero attached hydrogens (tertiary/aromatic N) is 3. The summed E-state index contributed by atoms with van der Waals surface area (Å²) in [5, 5.41) is 3.02. The summed E-state index contributed by atoms with van der Waals surface area (Å²) >= 11 is 0. The molecule has 0 saturated carbocycles. The number of aromatic nitrogens is 1. The van der Waals surface area contributed by atoms with Gasteiger partial charge in [-0.1, -0.05) is 0 Å². The van der Waals surface area contributed by atoms with Crippen LogP contribution in [0, 0.1) is 0 Å². The molecule has 2 amide bonds. The van der Waals surface area contributed by atoms with Crippen molar-refractivity contribution >= 4 is 11.7 Å². The summed E-state index contributed by atoms with van der Waals surface area (Å²) in [5.74, 6) is 0. The second-order valence-electron chi connectivity index (χ2n) is 7.14. The number of likely N-dealkylation sites (N-methyl/N-ethyl adjacent to an activating group) is 1. The topological polar surface area (TPSA) is 57.7 Å². The van der Waals surface area contributed by atoms with Gasteiger partial charge < -0.3 is 15.0 Å². The van der Waals surface area contributed by atoms with Gasteiger partial charge in [-0.3, -0.25) is 9.88 Å². The van der Waals surface area contributed by atoms with Crippen molar-refractivity contribution in [3.05, 3.63) is 23.5 Å². The van der Waals surface area contributed by atoms with E-state index in [4.69, 9.17) is 4.74 Å². The SMILES string of the molecule is CN(C(=O)Nc1cnc2c(c1)CCCC2)C1CCN2CCOC1C2. The third kappa shape index (κ3) is 3.13. The lowest BCUT2D eigenvalue weighted by atomic mass is 9.96. The molecule has 130 valence electrons. The van der Waals surface area contributed by atoms with Crippen LogP contribution in [0.25, 0.3) is 0 Å². The van der Waals surface area contributed by atoms with Gasteiger partial charge in [-0.05, 0) is 43.7 Å². The fourth-order valence-electron chi connectivity index (χ4n) is 4.13. The first-order valence-electron chi connectivity index (χ1n) is 9.06. The Morgan fingerprint density at radius 3 is 3.17 bits per heavy atom. The number of carbonyl (C=O) groups is 1. The molecule has 0 spiro atoms. The van der Waals surface area contributed by atoms with Crippen molar-refractivity contribution in [3.8, 4) is 0 Å². The Kier molecular flexibility index (Phi) is 4.41. The molecule has 1 aromatic rings. The molecule has 3 unspecified atom stereocenters. The minimum Gasteiger partial charge on any atom is -0.373 e. The number of hydrogen-bond donors (Lipinski definition) is 1. The second-order valence-corrected chi connectivity index (χ2v) is 7.14. The molecule has 4 rings (SSSR count). The number of aryl methyl sites for hydroxylation is 2. The highest BCUT2D eigenvalue weighted by molar-refractivity contribution is 5.89. The number of fused-ring (bicyclic) bond motifs is 3. The van der Waals surface area contributed by atoms with Crippen LogP contribution in [-0.4, -0.2) is 66.2 Å². The highest BCUT2D eigenvalue weighted by Crippen LogP contribution is 2.24. The molecule has 24 heavy (non-hydrogen) atoms. The molecule has 2 fully saturated rings. The van der Waals surface area contributed by atoms with Gasteiger partial charge in [0.1, 0.15) is 0 Å². The number of urea groups is 1. The smallest absolute Gasteiger partial charge is 0.321 e. The lowest BCUT2D eigenvalue weighted by molar-refractivity contribution is -0.0878. The van der Waals surface area contributed by atoms with E-state index in [9.17, 15) is 4.79 Å². The first-order chi connectivity index (χ1) is 11.7. The van der Waals surface area contributed by atoms with Crippen LogP contribution in [-0.2, 0) is 17.6 Å². The van der Waals surface area contributed by atoms with E-state index in [1.165, 1.54) is 24.1 Å². The lowest BCUT2D eigenvalue weighted by Crippen LogP contribution is -2.59. The molecule has 3 heterocycles. The summed E-state index contributed by atoms with van der Waals surface area (Å²) in [7, 11) is 1.87. The van der Waals surface area contributed by atoms with E-state index in [2.05, 4.69) is 21.3 Å². The van der Waals surface area contributed by atoms with Crippen molar-refractivity contribution in [3.63, 3.8) is 0 Å². The number of nitrogens with one attached hydrogen (secondary N) is 1. The van der Waals surface area contributed by atoms with E-state index in [1.807, 2.05) is 11.9 Å². The molecule has 2 aliphatic heterocycles. The molecular formula is C18H26N4O2. The standard InChI is InChI=1S/C18H26N4O2/c1-21(16-6-7-22-8-9-24-17(16)12-22)18(23)20-14-10-13-4-2-3-5-15(13)19-11-14/h10-11,16-17H,2-9,12H2,1H3,(H,20,23). The number of carbonyl (C=O) groups excluding carboxylic acids is 1. The zero-order valence-corrected chi connectivity index (χ0v) is 14.3. The second kappa shape index (κ2) is 6.69. The van der Waals surface area contributed by atoms with Gasteiger partial charge in [0.05, 0.1) is 30.6 Å². The number of morpholine rings is 1. The molecule has 1 N–H and O–H groups in total. The van der Waals surface area contributed by atoms with Gasteiger partial charge in [0.15, 0.2) is 0 Å². The van der Waals surface area contributed by atoms with E-state index < -0.39 is 0 Å². The van der Waals surface area contributed by atoms with Crippen molar-refractivity contribution in [1.82, 2.24) is 14.8 Å². The lowest BCUT2D eigenvalue weighted by Gasteiger charge is -2.45. The van der Waals surface area contributed by atoms with Crippen molar-refractivity contribution in [2.24, 2.45) is 0 Å². The fraction of sp³-hybridized carbons (Fsp3) is 0.667. The minimum absolute atomic E-state index is 0.0693. The Morgan fingerprint density at radius 2 is 2.25 bits per heavy atom. The predicted molar refractivity (Wildman–Crippen MR) is 92.2 cm³/mol. The highest BCUT2D eigenvalue weighted by Gasteiger charge is 2.36. The molecule has 0 radical (unpaired) electrons. The molecule has 3 aliphatic rings. The van der Waals surface area contributed by atoms with Crippen LogP contribution in [0.3, 0.4) is 0 Å². The number of pyridine rings is 1. The molecule has 2 bridgehead atoms. The van der Waals surface area contributed by atoms with Gasteiger partial charge in [0.25, 0.3) is 0 Å². The van der Waals surface area contributed by atoms with Gasteiger partial charge in [0.2, 0.25) is 0 Å². The maximum Gasteiger partial charge on any atom is 0.321 e. The summed E-state index contributed by atoms with van der Waals surface area (Å²) < 4.78 is 5.88. The van der Waals surface area contributed by atoms with E-state index >= 15 is 0 Å². The third-order valence-electron chi connectivity index (χ3n) is 5.59. The minimum atomic E-state index is -0.0693. The van der Waals surface area contributed by atoms with Crippen molar-refractivity contribution in [2.45, 2.75) is 44.2 Å². The van der Waals surface area contributed by atoms with E-state index in [0.29, 0.717) is 0 Å². The number of amides is 2. The van der Waals surface area contributed by atoms with Crippen LogP contribution >= 0.6 is 0 Å². The molecular weight excluding hydrogens is 304 g/mol. The summed E-state index contributed by atoms with van der Waals surface area (Å²) in [6, 6.07) is 2.17. The fourth-order valence-corrected chi connectivity index (χ4v) is 4.13. The first kappa shape index (κ1) is 15.8. The molecule has 6 nitrogen and oxygen atoms in total. The van der Waals surface area contributed by atoms with Crippen molar-refractivity contribution < 1.29 is 9.53 Å². The van der Waals surface area contributed by atoms with Crippen LogP contribution < -0.4 is 5.32 Å². The van der Waals surface area contributed by atoms with Gasteiger partial charge in [-0.25, -0.2) is 4.79 Å². The Labute approximate surface area is 143 Å². The van der Waals surface area contributed by atoms with Gasteiger partial charge in [-0.2, -0.15) is 0 Å². The highest BCUT2D eigenvalue weighted by atomic mass is 16.5. The van der Waals surface area contributed by atoms with Gasteiger partial charge >= 0.3 is 6.03 Å². The average Bonchev–Trinajstić information content (AvgIpc) is 2.61. The molecule has 6 heteroatoms. The number of anilines is 1. The Balaban J connectivity index is 1.42. The average molecular weight is 330 g/mol. The number of rotatable bonds is 2. The summed E-state index contributed by atoms with van der Waals surface area (Å²) in [6.45, 7) is 3.76. The number of ether oxygens (including phenoxy) is 1. The maximum atomic E-state index is 12.7. The molecule has 0 aromatic carbocycles. The summed E-state index contributed by atoms with van der Waals surface area (Å²) in [6.07, 6.45) is 7.44. The largest absolute Gasteiger partial charge is 0.373 e. The maximum absolute atomic E-state index is 12.7. The molecule has 2 saturated heterocycles. The molecule has 3 atom stereocenters. The zero-order chi connectivity index (χ0) is 16.5. The predicted octanol–water partition coefficient (Wildman–Crippen LogP) is 1.90. The Hall–Kier alpha value is -1.66. The normalized spacial score (nSPS) is 28.8. The number of hydrogen-bond acceptors (Lipinski definition) is 4. The monoisotopic (exact) mass is 330 g/mol. The van der Waals surface area contributed by atoms with Crippen molar-refractivity contribution in [1.29, 1.82) is 0 Å². The van der Waals surface area contributed by atoms with E-state index in [1.54, 1.807) is 6.20 Å². The summed E-state index contributed by atoms with van der Waals surface area (Å²) in [4.78, 5) is 21.4. The van der Waals surface area contributed by atoms with Crippen LogP contribution in [0.2, 0.25) is 0 Å². The molecule has 1 aromatic heterocycles. The van der Waals surface area contributed by atoms with Gasteiger partial charge in [-0.15, -0.1) is 0 Å². The quantitative estimate of drug-likeness (QED) is 0.900. The van der Waals surface area contributed by atoms with Crippen LogP contribution in [0.15, 0.2) is 12.3 Å². The zero-order valence-electron chi connectivity index (χ0n) is 14.3. The first-order valence-corrected chi connectivity index (χ1v) is 9.06. The van der Waals surface area contributed by atoms with E-state index in [0.717, 1.165) is 51.2 Å².